The Kier molecular flexibility index (Phi) is 9.95. The summed E-state index contributed by atoms with van der Waals surface area (Å²) in [5, 5.41) is 17.3. The summed E-state index contributed by atoms with van der Waals surface area (Å²) in [4.78, 5) is 7.09. The topological polar surface area (TPSA) is 73.0 Å². The van der Waals surface area contributed by atoms with Gasteiger partial charge in [-0.1, -0.05) is 6.92 Å². The van der Waals surface area contributed by atoms with E-state index in [4.69, 9.17) is 4.42 Å². The second-order valence-corrected chi connectivity index (χ2v) is 7.22. The van der Waals surface area contributed by atoms with Gasteiger partial charge in [-0.25, -0.2) is 4.99 Å². The number of aliphatic imine (C=N–C) groups is 1. The smallest absolute Gasteiger partial charge is 0.191 e. The zero-order valence-corrected chi connectivity index (χ0v) is 18.9. The van der Waals surface area contributed by atoms with E-state index in [0.29, 0.717) is 11.7 Å². The first-order valence-corrected chi connectivity index (χ1v) is 9.48. The fourth-order valence-electron chi connectivity index (χ4n) is 3.22. The number of aryl methyl sites for hydroxylation is 1. The van der Waals surface area contributed by atoms with Crippen molar-refractivity contribution in [1.82, 2.24) is 15.5 Å². The fraction of sp³-hybridized carbons (Fsp3) is 0.737. The summed E-state index contributed by atoms with van der Waals surface area (Å²) >= 11 is 0. The Morgan fingerprint density at radius 2 is 2.15 bits per heavy atom. The zero-order valence-electron chi connectivity index (χ0n) is 16.5. The molecule has 7 heteroatoms. The van der Waals surface area contributed by atoms with E-state index >= 15 is 0 Å². The van der Waals surface area contributed by atoms with Crippen LogP contribution >= 0.6 is 24.0 Å². The SMILES string of the molecule is CCCN1CCC(CNC(=NCC(C)(O)c2ccc(C)o2)NCC)C1.I. The molecule has 6 nitrogen and oxygen atoms in total. The normalized spacial score (nSPS) is 20.5. The highest BCUT2D eigenvalue weighted by Crippen LogP contribution is 2.23. The molecule has 3 N–H and O–H groups in total. The second-order valence-electron chi connectivity index (χ2n) is 7.22. The number of nitrogens with zero attached hydrogens (tertiary/aromatic N) is 2. The van der Waals surface area contributed by atoms with Crippen LogP contribution in [0, 0.1) is 12.8 Å². The molecule has 1 aliphatic rings. The molecular formula is C19H35IN4O2. The maximum absolute atomic E-state index is 10.6. The van der Waals surface area contributed by atoms with Crippen molar-refractivity contribution >= 4 is 29.9 Å². The van der Waals surface area contributed by atoms with Crippen molar-refractivity contribution < 1.29 is 9.52 Å². The molecule has 2 unspecified atom stereocenters. The van der Waals surface area contributed by atoms with Crippen LogP contribution in [0.4, 0.5) is 0 Å². The zero-order chi connectivity index (χ0) is 18.3. The average Bonchev–Trinajstić information content (AvgIpc) is 3.20. The van der Waals surface area contributed by atoms with Gasteiger partial charge in [0.25, 0.3) is 0 Å². The molecule has 1 aromatic rings. The average molecular weight is 478 g/mol. The lowest BCUT2D eigenvalue weighted by Gasteiger charge is -2.20. The van der Waals surface area contributed by atoms with Crippen molar-refractivity contribution in [3.63, 3.8) is 0 Å². The van der Waals surface area contributed by atoms with Gasteiger partial charge in [0.15, 0.2) is 5.96 Å². The minimum atomic E-state index is -1.11. The van der Waals surface area contributed by atoms with E-state index in [9.17, 15) is 5.11 Å². The van der Waals surface area contributed by atoms with Gasteiger partial charge in [0, 0.05) is 19.6 Å². The van der Waals surface area contributed by atoms with Gasteiger partial charge in [-0.15, -0.1) is 24.0 Å². The molecular weight excluding hydrogens is 443 g/mol. The highest BCUT2D eigenvalue weighted by atomic mass is 127. The Balaban J connectivity index is 0.00000338. The lowest BCUT2D eigenvalue weighted by Crippen LogP contribution is -2.41. The minimum absolute atomic E-state index is 0. The van der Waals surface area contributed by atoms with E-state index in [-0.39, 0.29) is 30.5 Å². The van der Waals surface area contributed by atoms with Crippen LogP contribution in [0.25, 0.3) is 0 Å². The number of hydrogen-bond donors (Lipinski definition) is 3. The van der Waals surface area contributed by atoms with Crippen LogP contribution < -0.4 is 10.6 Å². The Bertz CT molecular complexity index is 559. The Morgan fingerprint density at radius 3 is 2.77 bits per heavy atom. The largest absolute Gasteiger partial charge is 0.463 e. The summed E-state index contributed by atoms with van der Waals surface area (Å²) in [6.45, 7) is 13.4. The van der Waals surface area contributed by atoms with Gasteiger partial charge in [-0.2, -0.15) is 0 Å². The summed E-state index contributed by atoms with van der Waals surface area (Å²) in [6.07, 6.45) is 2.45. The Hall–Kier alpha value is -0.800. The van der Waals surface area contributed by atoms with E-state index in [1.165, 1.54) is 25.9 Å². The van der Waals surface area contributed by atoms with E-state index in [1.54, 1.807) is 6.92 Å². The molecule has 2 atom stereocenters. The summed E-state index contributed by atoms with van der Waals surface area (Å²) in [7, 11) is 0. The van der Waals surface area contributed by atoms with Crippen molar-refractivity contribution in [1.29, 1.82) is 0 Å². The highest BCUT2D eigenvalue weighted by Gasteiger charge is 2.27. The fourth-order valence-corrected chi connectivity index (χ4v) is 3.22. The third-order valence-electron chi connectivity index (χ3n) is 4.63. The number of furan rings is 1. The maximum atomic E-state index is 10.6. The number of hydrogen-bond acceptors (Lipinski definition) is 4. The number of aliphatic hydroxyl groups is 1. The quantitative estimate of drug-likeness (QED) is 0.305. The van der Waals surface area contributed by atoms with Crippen molar-refractivity contribution in [2.45, 2.75) is 46.1 Å². The molecule has 1 aliphatic heterocycles. The van der Waals surface area contributed by atoms with E-state index in [1.807, 2.05) is 26.0 Å². The first-order chi connectivity index (χ1) is 11.9. The number of nitrogens with one attached hydrogen (secondary N) is 2. The van der Waals surface area contributed by atoms with Crippen LogP contribution in [0.2, 0.25) is 0 Å². The lowest BCUT2D eigenvalue weighted by molar-refractivity contribution is 0.0428. The van der Waals surface area contributed by atoms with Gasteiger partial charge in [-0.05, 0) is 64.8 Å². The van der Waals surface area contributed by atoms with E-state index in [0.717, 1.165) is 31.4 Å². The van der Waals surface area contributed by atoms with Gasteiger partial charge >= 0.3 is 0 Å². The van der Waals surface area contributed by atoms with Gasteiger partial charge in [0.1, 0.15) is 17.1 Å². The van der Waals surface area contributed by atoms with Crippen LogP contribution in [0.5, 0.6) is 0 Å². The number of likely N-dealkylation sites (tertiary alicyclic amines) is 1. The molecule has 0 radical (unpaired) electrons. The number of rotatable bonds is 8. The molecule has 0 amide bonds. The van der Waals surface area contributed by atoms with Crippen molar-refractivity contribution in [3.05, 3.63) is 23.7 Å². The molecule has 2 rings (SSSR count). The van der Waals surface area contributed by atoms with Crippen LogP contribution in [0.3, 0.4) is 0 Å². The third kappa shape index (κ3) is 7.08. The summed E-state index contributed by atoms with van der Waals surface area (Å²) in [5.74, 6) is 2.75. The molecule has 26 heavy (non-hydrogen) atoms. The van der Waals surface area contributed by atoms with Crippen molar-refractivity contribution in [3.8, 4) is 0 Å². The maximum Gasteiger partial charge on any atom is 0.191 e. The molecule has 0 bridgehead atoms. The molecule has 1 aromatic heterocycles. The third-order valence-corrected chi connectivity index (χ3v) is 4.63. The minimum Gasteiger partial charge on any atom is -0.463 e. The molecule has 2 heterocycles. The molecule has 1 saturated heterocycles. The van der Waals surface area contributed by atoms with Gasteiger partial charge in [0.05, 0.1) is 6.54 Å². The van der Waals surface area contributed by atoms with Crippen LogP contribution in [0.1, 0.15) is 45.1 Å². The predicted octanol–water partition coefficient (Wildman–Crippen LogP) is 2.70. The second kappa shape index (κ2) is 11.1. The molecule has 150 valence electrons. The van der Waals surface area contributed by atoms with Gasteiger partial charge in [0.2, 0.25) is 0 Å². The predicted molar refractivity (Wildman–Crippen MR) is 117 cm³/mol. The number of guanidine groups is 1. The van der Waals surface area contributed by atoms with Crippen LogP contribution in [-0.2, 0) is 5.60 Å². The number of halogens is 1. The van der Waals surface area contributed by atoms with E-state index in [2.05, 4.69) is 27.4 Å². The van der Waals surface area contributed by atoms with Gasteiger partial charge < -0.3 is 25.1 Å². The van der Waals surface area contributed by atoms with Crippen molar-refractivity contribution in [2.24, 2.45) is 10.9 Å². The lowest BCUT2D eigenvalue weighted by atomic mass is 10.0. The van der Waals surface area contributed by atoms with Crippen molar-refractivity contribution in [2.75, 3.05) is 39.3 Å². The summed E-state index contributed by atoms with van der Waals surface area (Å²) < 4.78 is 5.55. The Labute approximate surface area is 174 Å². The Morgan fingerprint density at radius 1 is 1.38 bits per heavy atom. The van der Waals surface area contributed by atoms with Crippen LogP contribution in [0.15, 0.2) is 21.5 Å². The highest BCUT2D eigenvalue weighted by molar-refractivity contribution is 14.0. The molecule has 1 fully saturated rings. The molecule has 0 aliphatic carbocycles. The molecule has 0 saturated carbocycles. The van der Waals surface area contributed by atoms with Gasteiger partial charge in [-0.3, -0.25) is 0 Å². The summed E-state index contributed by atoms with van der Waals surface area (Å²) in [5.41, 5.74) is -1.11. The standard InChI is InChI=1S/C19H34N4O2.HI/c1-5-10-23-11-9-16(13-23)12-21-18(20-6-2)22-14-19(4,24)17-8-7-15(3)25-17;/h7-8,16,24H,5-6,9-14H2,1-4H3,(H2,20,21,22);1H. The molecule has 0 aromatic carbocycles. The van der Waals surface area contributed by atoms with E-state index < -0.39 is 5.60 Å². The molecule has 0 spiro atoms. The summed E-state index contributed by atoms with van der Waals surface area (Å²) in [6, 6.07) is 3.67. The first-order valence-electron chi connectivity index (χ1n) is 9.48. The monoisotopic (exact) mass is 478 g/mol. The first kappa shape index (κ1) is 23.2. The van der Waals surface area contributed by atoms with Crippen LogP contribution in [-0.4, -0.2) is 55.2 Å².